The first kappa shape index (κ1) is 18.0. The van der Waals surface area contributed by atoms with Crippen LogP contribution >= 0.6 is 39.0 Å². The number of rotatable bonds is 8. The SMILES string of the molecule is C=CCNc1nnc(SCC(=O)N[C@H](C)c2ccc(Br)cc2)s1. The summed E-state index contributed by atoms with van der Waals surface area (Å²) in [6.07, 6.45) is 1.76. The molecule has 0 saturated heterocycles. The van der Waals surface area contributed by atoms with Gasteiger partial charge in [0.15, 0.2) is 4.34 Å². The number of anilines is 1. The first-order valence-electron chi connectivity index (χ1n) is 6.94. The van der Waals surface area contributed by atoms with Gasteiger partial charge >= 0.3 is 0 Å². The van der Waals surface area contributed by atoms with Crippen LogP contribution in [0.4, 0.5) is 5.13 Å². The van der Waals surface area contributed by atoms with Gasteiger partial charge in [0.25, 0.3) is 0 Å². The van der Waals surface area contributed by atoms with Crippen LogP contribution in [0.5, 0.6) is 0 Å². The van der Waals surface area contributed by atoms with Crippen molar-refractivity contribution in [1.29, 1.82) is 0 Å². The van der Waals surface area contributed by atoms with Crippen LogP contribution in [0, 0.1) is 0 Å². The van der Waals surface area contributed by atoms with Gasteiger partial charge in [0.2, 0.25) is 11.0 Å². The van der Waals surface area contributed by atoms with E-state index in [1.807, 2.05) is 31.2 Å². The molecular formula is C15H17BrN4OS2. The molecule has 5 nitrogen and oxygen atoms in total. The van der Waals surface area contributed by atoms with Gasteiger partial charge in [0.05, 0.1) is 11.8 Å². The van der Waals surface area contributed by atoms with Crippen molar-refractivity contribution in [1.82, 2.24) is 15.5 Å². The van der Waals surface area contributed by atoms with Crippen LogP contribution in [-0.4, -0.2) is 28.4 Å². The second kappa shape index (κ2) is 9.05. The van der Waals surface area contributed by atoms with E-state index in [2.05, 4.69) is 43.3 Å². The highest BCUT2D eigenvalue weighted by Crippen LogP contribution is 2.25. The molecule has 1 heterocycles. The molecule has 0 saturated carbocycles. The summed E-state index contributed by atoms with van der Waals surface area (Å²) in [5, 5.41) is 14.8. The average Bonchev–Trinajstić information content (AvgIpc) is 2.99. The van der Waals surface area contributed by atoms with Gasteiger partial charge in [0, 0.05) is 11.0 Å². The molecule has 1 aromatic heterocycles. The summed E-state index contributed by atoms with van der Waals surface area (Å²) in [5.41, 5.74) is 1.07. The lowest BCUT2D eigenvalue weighted by atomic mass is 10.1. The number of thioether (sulfide) groups is 1. The number of aromatic nitrogens is 2. The van der Waals surface area contributed by atoms with Crippen LogP contribution in [-0.2, 0) is 4.79 Å². The van der Waals surface area contributed by atoms with Gasteiger partial charge in [-0.15, -0.1) is 16.8 Å². The minimum atomic E-state index is -0.0320. The fraction of sp³-hybridized carbons (Fsp3) is 0.267. The molecule has 0 bridgehead atoms. The Morgan fingerprint density at radius 1 is 1.43 bits per heavy atom. The van der Waals surface area contributed by atoms with Crippen LogP contribution in [0.3, 0.4) is 0 Å². The molecule has 122 valence electrons. The Kier molecular flexibility index (Phi) is 7.07. The summed E-state index contributed by atoms with van der Waals surface area (Å²) in [6.45, 7) is 6.24. The number of benzene rings is 1. The summed E-state index contributed by atoms with van der Waals surface area (Å²) in [4.78, 5) is 12.0. The highest BCUT2D eigenvalue weighted by atomic mass is 79.9. The molecule has 0 aliphatic carbocycles. The largest absolute Gasteiger partial charge is 0.357 e. The third-order valence-corrected chi connectivity index (χ3v) is 5.42. The second-order valence-electron chi connectivity index (χ2n) is 4.67. The smallest absolute Gasteiger partial charge is 0.230 e. The zero-order valence-electron chi connectivity index (χ0n) is 12.6. The number of hydrogen-bond acceptors (Lipinski definition) is 6. The van der Waals surface area contributed by atoms with Gasteiger partial charge in [-0.3, -0.25) is 4.79 Å². The third kappa shape index (κ3) is 5.96. The van der Waals surface area contributed by atoms with Crippen molar-refractivity contribution in [3.63, 3.8) is 0 Å². The van der Waals surface area contributed by atoms with Crippen LogP contribution < -0.4 is 10.6 Å². The Labute approximate surface area is 152 Å². The van der Waals surface area contributed by atoms with E-state index in [0.29, 0.717) is 12.3 Å². The molecule has 1 aromatic carbocycles. The van der Waals surface area contributed by atoms with Crippen LogP contribution in [0.2, 0.25) is 0 Å². The van der Waals surface area contributed by atoms with Crippen molar-refractivity contribution >= 4 is 50.1 Å². The number of nitrogens with one attached hydrogen (secondary N) is 2. The number of amides is 1. The first-order chi connectivity index (χ1) is 11.1. The Bertz CT molecular complexity index is 660. The summed E-state index contributed by atoms with van der Waals surface area (Å²) < 4.78 is 1.79. The van der Waals surface area contributed by atoms with E-state index in [4.69, 9.17) is 0 Å². The highest BCUT2D eigenvalue weighted by Gasteiger charge is 2.11. The lowest BCUT2D eigenvalue weighted by molar-refractivity contribution is -0.119. The van der Waals surface area contributed by atoms with Crippen molar-refractivity contribution in [2.75, 3.05) is 17.6 Å². The van der Waals surface area contributed by atoms with Gasteiger partial charge in [-0.05, 0) is 24.6 Å². The highest BCUT2D eigenvalue weighted by molar-refractivity contribution is 9.10. The maximum atomic E-state index is 12.0. The molecule has 0 spiro atoms. The molecule has 23 heavy (non-hydrogen) atoms. The van der Waals surface area contributed by atoms with Gasteiger partial charge in [0.1, 0.15) is 0 Å². The molecule has 0 aliphatic rings. The van der Waals surface area contributed by atoms with Gasteiger partial charge in [-0.2, -0.15) is 0 Å². The molecule has 1 atom stereocenters. The number of carbonyl (C=O) groups excluding carboxylic acids is 1. The molecule has 0 aliphatic heterocycles. The van der Waals surface area contributed by atoms with Crippen molar-refractivity contribution in [3.8, 4) is 0 Å². The van der Waals surface area contributed by atoms with E-state index >= 15 is 0 Å². The minimum Gasteiger partial charge on any atom is -0.357 e. The lowest BCUT2D eigenvalue weighted by Gasteiger charge is -2.14. The van der Waals surface area contributed by atoms with Crippen molar-refractivity contribution < 1.29 is 4.79 Å². The summed E-state index contributed by atoms with van der Waals surface area (Å²) in [6, 6.07) is 7.88. The van der Waals surface area contributed by atoms with Crippen LogP contribution in [0.1, 0.15) is 18.5 Å². The second-order valence-corrected chi connectivity index (χ2v) is 7.79. The van der Waals surface area contributed by atoms with Gasteiger partial charge < -0.3 is 10.6 Å². The molecule has 8 heteroatoms. The molecule has 0 fully saturated rings. The van der Waals surface area contributed by atoms with Gasteiger partial charge in [-0.25, -0.2) is 0 Å². The van der Waals surface area contributed by atoms with E-state index < -0.39 is 0 Å². The van der Waals surface area contributed by atoms with Crippen molar-refractivity contribution in [2.45, 2.75) is 17.3 Å². The maximum absolute atomic E-state index is 12.0. The van der Waals surface area contributed by atoms with E-state index in [9.17, 15) is 4.79 Å². The number of halogens is 1. The Balaban J connectivity index is 1.79. The monoisotopic (exact) mass is 412 g/mol. The van der Waals surface area contributed by atoms with E-state index in [-0.39, 0.29) is 11.9 Å². The van der Waals surface area contributed by atoms with Crippen LogP contribution in [0.15, 0.2) is 45.7 Å². The molecule has 1 amide bonds. The van der Waals surface area contributed by atoms with E-state index in [0.717, 1.165) is 19.5 Å². The zero-order valence-corrected chi connectivity index (χ0v) is 15.8. The molecule has 0 radical (unpaired) electrons. The molecule has 0 unspecified atom stereocenters. The normalized spacial score (nSPS) is 11.7. The fourth-order valence-electron chi connectivity index (χ4n) is 1.74. The summed E-state index contributed by atoms with van der Waals surface area (Å²) in [7, 11) is 0. The zero-order chi connectivity index (χ0) is 16.7. The quantitative estimate of drug-likeness (QED) is 0.508. The van der Waals surface area contributed by atoms with E-state index in [1.165, 1.54) is 23.1 Å². The average molecular weight is 413 g/mol. The predicted molar refractivity (Wildman–Crippen MR) is 100 cm³/mol. The molecule has 2 aromatic rings. The number of carbonyl (C=O) groups is 1. The standard InChI is InChI=1S/C15H17BrN4OS2/c1-3-8-17-14-19-20-15(23-14)22-9-13(21)18-10(2)11-4-6-12(16)7-5-11/h3-7,10H,1,8-9H2,2H3,(H,17,19)(H,18,21)/t10-/m1/s1. The lowest BCUT2D eigenvalue weighted by Crippen LogP contribution is -2.28. The molecule has 2 rings (SSSR count). The summed E-state index contributed by atoms with van der Waals surface area (Å²) >= 11 is 6.21. The molecule has 2 N–H and O–H groups in total. The minimum absolute atomic E-state index is 0.0266. The van der Waals surface area contributed by atoms with Crippen molar-refractivity contribution in [3.05, 3.63) is 47.0 Å². The third-order valence-electron chi connectivity index (χ3n) is 2.88. The van der Waals surface area contributed by atoms with Crippen LogP contribution in [0.25, 0.3) is 0 Å². The van der Waals surface area contributed by atoms with Crippen molar-refractivity contribution in [2.24, 2.45) is 0 Å². The first-order valence-corrected chi connectivity index (χ1v) is 9.54. The summed E-state index contributed by atoms with van der Waals surface area (Å²) in [5.74, 6) is 0.290. The molecular weight excluding hydrogens is 396 g/mol. The predicted octanol–water partition coefficient (Wildman–Crippen LogP) is 3.87. The Morgan fingerprint density at radius 3 is 2.87 bits per heavy atom. The Morgan fingerprint density at radius 2 is 2.17 bits per heavy atom. The topological polar surface area (TPSA) is 66.9 Å². The number of nitrogens with zero attached hydrogens (tertiary/aromatic N) is 2. The fourth-order valence-corrected chi connectivity index (χ4v) is 3.58. The van der Waals surface area contributed by atoms with Gasteiger partial charge in [-0.1, -0.05) is 57.2 Å². The maximum Gasteiger partial charge on any atom is 0.230 e. The van der Waals surface area contributed by atoms with E-state index in [1.54, 1.807) is 6.08 Å². The number of hydrogen-bond donors (Lipinski definition) is 2. The Hall–Kier alpha value is -1.38.